The quantitative estimate of drug-likeness (QED) is 0.887. The number of nitrogens with one attached hydrogen (secondary N) is 1. The summed E-state index contributed by atoms with van der Waals surface area (Å²) in [6.45, 7) is 9.39. The molecule has 114 valence electrons. The van der Waals surface area contributed by atoms with Crippen LogP contribution in [0.4, 0.5) is 5.82 Å². The molecule has 0 saturated heterocycles. The molecule has 0 unspecified atom stereocenters. The van der Waals surface area contributed by atoms with Crippen LogP contribution in [0.3, 0.4) is 0 Å². The molecule has 0 aliphatic carbocycles. The number of hydrogen-bond donors (Lipinski definition) is 1. The highest BCUT2D eigenvalue weighted by atomic mass is 15.3. The molecule has 2 rings (SSSR count). The molecule has 0 saturated carbocycles. The van der Waals surface area contributed by atoms with Crippen LogP contribution in [0.15, 0.2) is 6.20 Å². The van der Waals surface area contributed by atoms with Gasteiger partial charge in [0, 0.05) is 31.0 Å². The van der Waals surface area contributed by atoms with Gasteiger partial charge in [-0.25, -0.2) is 9.97 Å². The van der Waals surface area contributed by atoms with E-state index in [4.69, 9.17) is 9.97 Å². The molecule has 0 aliphatic heterocycles. The van der Waals surface area contributed by atoms with E-state index in [2.05, 4.69) is 38.1 Å². The van der Waals surface area contributed by atoms with E-state index in [9.17, 15) is 0 Å². The van der Waals surface area contributed by atoms with Crippen molar-refractivity contribution in [3.05, 3.63) is 23.1 Å². The molecule has 2 aromatic heterocycles. The molecule has 2 heterocycles. The van der Waals surface area contributed by atoms with Gasteiger partial charge in [-0.15, -0.1) is 0 Å². The van der Waals surface area contributed by atoms with Gasteiger partial charge in [-0.1, -0.05) is 20.8 Å². The molecule has 0 amide bonds. The monoisotopic (exact) mass is 287 g/mol. The maximum absolute atomic E-state index is 4.76. The van der Waals surface area contributed by atoms with Gasteiger partial charge in [-0.3, -0.25) is 4.68 Å². The van der Waals surface area contributed by atoms with Crippen molar-refractivity contribution in [2.24, 2.45) is 7.05 Å². The van der Waals surface area contributed by atoms with Crippen LogP contribution in [0.25, 0.3) is 11.4 Å². The summed E-state index contributed by atoms with van der Waals surface area (Å²) in [5, 5.41) is 7.92. The van der Waals surface area contributed by atoms with E-state index in [1.807, 2.05) is 17.9 Å². The molecule has 5 heteroatoms. The summed E-state index contributed by atoms with van der Waals surface area (Å²) < 4.78 is 1.83. The van der Waals surface area contributed by atoms with Gasteiger partial charge in [-0.2, -0.15) is 5.10 Å². The molecular formula is C16H25N5. The molecule has 0 aromatic carbocycles. The topological polar surface area (TPSA) is 55.6 Å². The zero-order chi connectivity index (χ0) is 15.4. The Bertz CT molecular complexity index is 615. The van der Waals surface area contributed by atoms with Crippen molar-refractivity contribution >= 4 is 5.82 Å². The van der Waals surface area contributed by atoms with E-state index >= 15 is 0 Å². The second kappa shape index (κ2) is 6.70. The van der Waals surface area contributed by atoms with Crippen LogP contribution >= 0.6 is 0 Å². The van der Waals surface area contributed by atoms with Gasteiger partial charge >= 0.3 is 0 Å². The number of hydrogen-bond acceptors (Lipinski definition) is 4. The Labute approximate surface area is 126 Å². The molecular weight excluding hydrogens is 262 g/mol. The lowest BCUT2D eigenvalue weighted by atomic mass is 10.1. The van der Waals surface area contributed by atoms with Gasteiger partial charge in [0.15, 0.2) is 5.82 Å². The van der Waals surface area contributed by atoms with Crippen molar-refractivity contribution in [3.8, 4) is 11.4 Å². The zero-order valence-electron chi connectivity index (χ0n) is 13.7. The Morgan fingerprint density at radius 3 is 2.52 bits per heavy atom. The molecule has 0 atom stereocenters. The van der Waals surface area contributed by atoms with Crippen LogP contribution < -0.4 is 5.32 Å². The number of aryl methyl sites for hydroxylation is 3. The molecule has 1 N–H and O–H groups in total. The molecule has 0 radical (unpaired) electrons. The fraction of sp³-hybridized carbons (Fsp3) is 0.562. The van der Waals surface area contributed by atoms with E-state index < -0.39 is 0 Å². The highest BCUT2D eigenvalue weighted by molar-refractivity contribution is 5.61. The van der Waals surface area contributed by atoms with Crippen molar-refractivity contribution in [1.82, 2.24) is 19.7 Å². The van der Waals surface area contributed by atoms with Crippen LogP contribution in [-0.2, 0) is 19.9 Å². The number of nitrogens with zero attached hydrogens (tertiary/aromatic N) is 4. The predicted octanol–water partition coefficient (Wildman–Crippen LogP) is 3.13. The van der Waals surface area contributed by atoms with Gasteiger partial charge in [0.25, 0.3) is 0 Å². The average molecular weight is 287 g/mol. The first-order valence-corrected chi connectivity index (χ1v) is 7.74. The highest BCUT2D eigenvalue weighted by Gasteiger charge is 2.15. The maximum atomic E-state index is 4.76. The summed E-state index contributed by atoms with van der Waals surface area (Å²) >= 11 is 0. The molecule has 2 aromatic rings. The first-order valence-electron chi connectivity index (χ1n) is 7.74. The minimum atomic E-state index is 0.772. The van der Waals surface area contributed by atoms with Crippen molar-refractivity contribution in [3.63, 3.8) is 0 Å². The Balaban J connectivity index is 2.51. The fourth-order valence-electron chi connectivity index (χ4n) is 2.51. The number of rotatable bonds is 6. The lowest BCUT2D eigenvalue weighted by Crippen LogP contribution is -2.09. The van der Waals surface area contributed by atoms with Gasteiger partial charge in [0.1, 0.15) is 5.82 Å². The van der Waals surface area contributed by atoms with E-state index in [-0.39, 0.29) is 0 Å². The third kappa shape index (κ3) is 3.23. The van der Waals surface area contributed by atoms with Gasteiger partial charge < -0.3 is 5.32 Å². The highest BCUT2D eigenvalue weighted by Crippen LogP contribution is 2.25. The second-order valence-corrected chi connectivity index (χ2v) is 5.26. The Morgan fingerprint density at radius 1 is 1.14 bits per heavy atom. The Hall–Kier alpha value is -1.91. The standard InChI is InChI=1S/C16H25N5/c1-6-9-17-15-12(7-2)11(4)18-16(19-15)13-10-21(5)20-14(13)8-3/h10H,6-9H2,1-5H3,(H,17,18,19). The largest absolute Gasteiger partial charge is 0.370 e. The summed E-state index contributed by atoms with van der Waals surface area (Å²) in [7, 11) is 1.94. The molecule has 0 aliphatic rings. The lowest BCUT2D eigenvalue weighted by Gasteiger charge is -2.13. The van der Waals surface area contributed by atoms with Gasteiger partial charge in [0.2, 0.25) is 0 Å². The SMILES string of the molecule is CCCNc1nc(-c2cn(C)nc2CC)nc(C)c1CC. The van der Waals surface area contributed by atoms with E-state index in [0.717, 1.165) is 54.4 Å². The van der Waals surface area contributed by atoms with E-state index in [1.54, 1.807) is 0 Å². The number of aromatic nitrogens is 4. The van der Waals surface area contributed by atoms with Crippen molar-refractivity contribution in [2.75, 3.05) is 11.9 Å². The Kier molecular flexibility index (Phi) is 4.94. The average Bonchev–Trinajstić information content (AvgIpc) is 2.85. The third-order valence-electron chi connectivity index (χ3n) is 3.59. The van der Waals surface area contributed by atoms with Crippen molar-refractivity contribution < 1.29 is 0 Å². The Morgan fingerprint density at radius 2 is 1.90 bits per heavy atom. The number of anilines is 1. The lowest BCUT2D eigenvalue weighted by molar-refractivity contribution is 0.746. The van der Waals surface area contributed by atoms with Crippen LogP contribution in [0, 0.1) is 6.92 Å². The van der Waals surface area contributed by atoms with Crippen LogP contribution in [0.1, 0.15) is 44.1 Å². The normalized spacial score (nSPS) is 10.9. The molecule has 21 heavy (non-hydrogen) atoms. The minimum absolute atomic E-state index is 0.772. The van der Waals surface area contributed by atoms with Crippen LogP contribution in [0.5, 0.6) is 0 Å². The zero-order valence-corrected chi connectivity index (χ0v) is 13.7. The van der Waals surface area contributed by atoms with Crippen LogP contribution in [-0.4, -0.2) is 26.3 Å². The second-order valence-electron chi connectivity index (χ2n) is 5.26. The summed E-state index contributed by atoms with van der Waals surface area (Å²) in [6, 6.07) is 0. The predicted molar refractivity (Wildman–Crippen MR) is 86.5 cm³/mol. The first-order chi connectivity index (χ1) is 10.1. The van der Waals surface area contributed by atoms with Gasteiger partial charge in [-0.05, 0) is 26.2 Å². The van der Waals surface area contributed by atoms with E-state index in [0.29, 0.717) is 0 Å². The summed E-state index contributed by atoms with van der Waals surface area (Å²) in [5.74, 6) is 1.74. The summed E-state index contributed by atoms with van der Waals surface area (Å²) in [6.07, 6.45) is 4.90. The summed E-state index contributed by atoms with van der Waals surface area (Å²) in [5.41, 5.74) is 4.33. The van der Waals surface area contributed by atoms with Crippen molar-refractivity contribution in [1.29, 1.82) is 0 Å². The minimum Gasteiger partial charge on any atom is -0.370 e. The first kappa shape index (κ1) is 15.5. The molecule has 5 nitrogen and oxygen atoms in total. The summed E-state index contributed by atoms with van der Waals surface area (Å²) in [4.78, 5) is 9.46. The maximum Gasteiger partial charge on any atom is 0.165 e. The third-order valence-corrected chi connectivity index (χ3v) is 3.59. The molecule has 0 fully saturated rings. The van der Waals surface area contributed by atoms with Crippen molar-refractivity contribution in [2.45, 2.75) is 47.0 Å². The smallest absolute Gasteiger partial charge is 0.165 e. The molecule has 0 spiro atoms. The fourth-order valence-corrected chi connectivity index (χ4v) is 2.51. The van der Waals surface area contributed by atoms with Crippen LogP contribution in [0.2, 0.25) is 0 Å². The molecule has 0 bridgehead atoms. The van der Waals surface area contributed by atoms with E-state index in [1.165, 1.54) is 5.56 Å². The van der Waals surface area contributed by atoms with Gasteiger partial charge in [0.05, 0.1) is 11.3 Å².